The third-order valence-electron chi connectivity index (χ3n) is 1.96. The Balaban J connectivity index is 2.71. The first-order valence-electron chi connectivity index (χ1n) is 4.66. The van der Waals surface area contributed by atoms with Crippen molar-refractivity contribution in [2.75, 3.05) is 7.05 Å². The molecule has 0 aliphatic rings. The molecule has 1 amide bonds. The van der Waals surface area contributed by atoms with Gasteiger partial charge in [-0.1, -0.05) is 6.58 Å². The van der Waals surface area contributed by atoms with Gasteiger partial charge in [0.15, 0.2) is 5.83 Å². The van der Waals surface area contributed by atoms with E-state index in [0.717, 1.165) is 15.9 Å². The Morgan fingerprint density at radius 2 is 2.29 bits per heavy atom. The maximum absolute atomic E-state index is 12.5. The Morgan fingerprint density at radius 3 is 2.82 bits per heavy atom. The van der Waals surface area contributed by atoms with Gasteiger partial charge >= 0.3 is 0 Å². The molecule has 0 aromatic carbocycles. The van der Waals surface area contributed by atoms with Crippen LogP contribution >= 0.6 is 0 Å². The number of hydrogen-bond donors (Lipinski definition) is 0. The van der Waals surface area contributed by atoms with E-state index < -0.39 is 24.7 Å². The van der Waals surface area contributed by atoms with Crippen molar-refractivity contribution in [1.29, 1.82) is 0 Å². The highest BCUT2D eigenvalue weighted by atomic mass is 19.3. The molecule has 0 aliphatic carbocycles. The van der Waals surface area contributed by atoms with Crippen molar-refractivity contribution >= 4 is 5.91 Å². The molecule has 0 fully saturated rings. The van der Waals surface area contributed by atoms with Crippen LogP contribution in [0.3, 0.4) is 0 Å². The first kappa shape index (κ1) is 13.2. The maximum Gasteiger partial charge on any atom is 0.282 e. The molecular formula is C9H11F3N4O. The second-order valence-electron chi connectivity index (χ2n) is 3.32. The van der Waals surface area contributed by atoms with Gasteiger partial charge < -0.3 is 4.90 Å². The summed E-state index contributed by atoms with van der Waals surface area (Å²) in [5.74, 6) is -1.88. The quantitative estimate of drug-likeness (QED) is 0.730. The fraction of sp³-hybridized carbons (Fsp3) is 0.444. The molecule has 1 rings (SSSR count). The zero-order chi connectivity index (χ0) is 13.0. The van der Waals surface area contributed by atoms with E-state index in [1.807, 2.05) is 0 Å². The topological polar surface area (TPSA) is 51.0 Å². The van der Waals surface area contributed by atoms with E-state index in [0.29, 0.717) is 0 Å². The van der Waals surface area contributed by atoms with Crippen molar-refractivity contribution in [1.82, 2.24) is 19.7 Å². The lowest BCUT2D eigenvalue weighted by atomic mass is 10.4. The Kier molecular flexibility index (Phi) is 4.24. The molecule has 0 radical (unpaired) electrons. The number of likely N-dealkylation sites (N-methyl/N-ethyl adjacent to an activating group) is 1. The minimum absolute atomic E-state index is 0.117. The van der Waals surface area contributed by atoms with Crippen LogP contribution < -0.4 is 0 Å². The van der Waals surface area contributed by atoms with Crippen LogP contribution in [-0.2, 0) is 17.9 Å². The Labute approximate surface area is 95.5 Å². The van der Waals surface area contributed by atoms with E-state index in [2.05, 4.69) is 16.7 Å². The van der Waals surface area contributed by atoms with Gasteiger partial charge in [0.1, 0.15) is 18.7 Å². The molecule has 5 nitrogen and oxygen atoms in total. The summed E-state index contributed by atoms with van der Waals surface area (Å²) in [4.78, 5) is 15.9. The summed E-state index contributed by atoms with van der Waals surface area (Å²) in [6.45, 7) is 2.12. The van der Waals surface area contributed by atoms with Gasteiger partial charge in [-0.25, -0.2) is 22.8 Å². The average Bonchev–Trinajstić information content (AvgIpc) is 2.63. The highest BCUT2D eigenvalue weighted by Crippen LogP contribution is 2.06. The van der Waals surface area contributed by atoms with Crippen LogP contribution in [0.15, 0.2) is 18.7 Å². The third kappa shape index (κ3) is 3.58. The normalized spacial score (nSPS) is 10.6. The summed E-state index contributed by atoms with van der Waals surface area (Å²) >= 11 is 0. The Hall–Kier alpha value is -1.86. The van der Waals surface area contributed by atoms with Crippen LogP contribution in [0, 0.1) is 0 Å². The Morgan fingerprint density at radius 1 is 1.65 bits per heavy atom. The molecular weight excluding hydrogens is 237 g/mol. The predicted molar refractivity (Wildman–Crippen MR) is 52.7 cm³/mol. The standard InChI is InChI=1S/C9H11F3N4O/c1-6(10)9(17)15(2)4-8-13-5-14-16(8)3-7(11)12/h5,7H,1,3-4H2,2H3. The van der Waals surface area contributed by atoms with Crippen LogP contribution in [-0.4, -0.2) is 39.0 Å². The first-order chi connectivity index (χ1) is 7.91. The number of hydrogen-bond acceptors (Lipinski definition) is 3. The Bertz CT molecular complexity index is 418. The van der Waals surface area contributed by atoms with Crippen molar-refractivity contribution in [2.45, 2.75) is 19.5 Å². The van der Waals surface area contributed by atoms with E-state index in [-0.39, 0.29) is 12.4 Å². The number of carbonyl (C=O) groups excluding carboxylic acids is 1. The molecule has 0 saturated heterocycles. The van der Waals surface area contributed by atoms with Gasteiger partial charge in [0, 0.05) is 7.05 Å². The van der Waals surface area contributed by atoms with Crippen molar-refractivity contribution in [3.8, 4) is 0 Å². The van der Waals surface area contributed by atoms with Gasteiger partial charge in [0.05, 0.1) is 6.54 Å². The molecule has 1 heterocycles. The van der Waals surface area contributed by atoms with E-state index in [1.165, 1.54) is 7.05 Å². The lowest BCUT2D eigenvalue weighted by molar-refractivity contribution is -0.128. The van der Waals surface area contributed by atoms with Crippen LogP contribution in [0.25, 0.3) is 0 Å². The van der Waals surface area contributed by atoms with Gasteiger partial charge in [-0.2, -0.15) is 5.10 Å². The molecule has 0 atom stereocenters. The molecule has 1 aromatic rings. The van der Waals surface area contributed by atoms with Crippen LogP contribution in [0.2, 0.25) is 0 Å². The van der Waals surface area contributed by atoms with Crippen molar-refractivity contribution < 1.29 is 18.0 Å². The second-order valence-corrected chi connectivity index (χ2v) is 3.32. The lowest BCUT2D eigenvalue weighted by Crippen LogP contribution is -2.28. The molecule has 17 heavy (non-hydrogen) atoms. The smallest absolute Gasteiger partial charge is 0.282 e. The molecule has 0 bridgehead atoms. The summed E-state index contributed by atoms with van der Waals surface area (Å²) < 4.78 is 37.8. The number of amides is 1. The molecule has 0 spiro atoms. The van der Waals surface area contributed by atoms with Crippen LogP contribution in [0.1, 0.15) is 5.82 Å². The number of nitrogens with zero attached hydrogens (tertiary/aromatic N) is 4. The van der Waals surface area contributed by atoms with Crippen molar-refractivity contribution in [2.24, 2.45) is 0 Å². The minimum atomic E-state index is -2.58. The highest BCUT2D eigenvalue weighted by Gasteiger charge is 2.17. The summed E-state index contributed by atoms with van der Waals surface area (Å²) in [7, 11) is 1.31. The molecule has 0 N–H and O–H groups in total. The van der Waals surface area contributed by atoms with Crippen molar-refractivity contribution in [3.05, 3.63) is 24.6 Å². The average molecular weight is 248 g/mol. The number of halogens is 3. The molecule has 8 heteroatoms. The van der Waals surface area contributed by atoms with E-state index in [4.69, 9.17) is 0 Å². The molecule has 94 valence electrons. The number of aromatic nitrogens is 3. The van der Waals surface area contributed by atoms with Crippen molar-refractivity contribution in [3.63, 3.8) is 0 Å². The zero-order valence-corrected chi connectivity index (χ0v) is 9.11. The second kappa shape index (κ2) is 5.46. The summed E-state index contributed by atoms with van der Waals surface area (Å²) in [5, 5.41) is 3.58. The fourth-order valence-corrected chi connectivity index (χ4v) is 1.18. The van der Waals surface area contributed by atoms with Crippen LogP contribution in [0.5, 0.6) is 0 Å². The summed E-state index contributed by atoms with van der Waals surface area (Å²) in [6.07, 6.45) is -1.48. The van der Waals surface area contributed by atoms with Gasteiger partial charge in [-0.15, -0.1) is 0 Å². The van der Waals surface area contributed by atoms with Gasteiger partial charge in [0.2, 0.25) is 0 Å². The number of carbonyl (C=O) groups is 1. The molecule has 0 aliphatic heterocycles. The molecule has 0 unspecified atom stereocenters. The highest BCUT2D eigenvalue weighted by molar-refractivity contribution is 5.90. The van der Waals surface area contributed by atoms with Gasteiger partial charge in [-0.05, 0) is 0 Å². The van der Waals surface area contributed by atoms with Gasteiger partial charge in [-0.3, -0.25) is 4.79 Å². The monoisotopic (exact) mass is 248 g/mol. The fourth-order valence-electron chi connectivity index (χ4n) is 1.18. The SMILES string of the molecule is C=C(F)C(=O)N(C)Cc1ncnn1CC(F)F. The third-order valence-corrected chi connectivity index (χ3v) is 1.96. The van der Waals surface area contributed by atoms with E-state index >= 15 is 0 Å². The lowest BCUT2D eigenvalue weighted by Gasteiger charge is -2.15. The maximum atomic E-state index is 12.5. The summed E-state index contributed by atoms with van der Waals surface area (Å²) in [6, 6.07) is 0. The zero-order valence-electron chi connectivity index (χ0n) is 9.11. The first-order valence-corrected chi connectivity index (χ1v) is 4.66. The van der Waals surface area contributed by atoms with Gasteiger partial charge in [0.25, 0.3) is 12.3 Å². The largest absolute Gasteiger partial charge is 0.332 e. The predicted octanol–water partition coefficient (Wildman–Crippen LogP) is 0.985. The van der Waals surface area contributed by atoms with E-state index in [1.54, 1.807) is 0 Å². The minimum Gasteiger partial charge on any atom is -0.332 e. The molecule has 1 aromatic heterocycles. The van der Waals surface area contributed by atoms with E-state index in [9.17, 15) is 18.0 Å². The van der Waals surface area contributed by atoms with Crippen LogP contribution in [0.4, 0.5) is 13.2 Å². The number of rotatable bonds is 5. The molecule has 0 saturated carbocycles. The summed E-state index contributed by atoms with van der Waals surface area (Å²) in [5.41, 5.74) is 0. The number of alkyl halides is 2.